The zero-order valence-electron chi connectivity index (χ0n) is 9.76. The molecule has 19 heavy (non-hydrogen) atoms. The number of hydrogen-bond acceptors (Lipinski definition) is 6. The van der Waals surface area contributed by atoms with Gasteiger partial charge in [-0.1, -0.05) is 10.2 Å². The highest BCUT2D eigenvalue weighted by molar-refractivity contribution is 5.08. The highest BCUT2D eigenvalue weighted by Crippen LogP contribution is 2.16. The standard InChI is InChI=1S/C9H11FN6O3/c10-1-3-15-5-7(12-13-15)8(17)6-14-4-2-11-9(14)16(18)19/h2,4-5,8,17H,1,3,6H2/i10-1. The van der Waals surface area contributed by atoms with Crippen LogP contribution in [0.4, 0.5) is 10.3 Å². The van der Waals surface area contributed by atoms with Crippen molar-refractivity contribution in [2.75, 3.05) is 6.67 Å². The van der Waals surface area contributed by atoms with Gasteiger partial charge in [-0.15, -0.1) is 5.10 Å². The van der Waals surface area contributed by atoms with Crippen LogP contribution in [-0.4, -0.2) is 41.2 Å². The molecule has 0 fully saturated rings. The van der Waals surface area contributed by atoms with Crippen LogP contribution in [0.1, 0.15) is 11.8 Å². The van der Waals surface area contributed by atoms with Gasteiger partial charge in [0.15, 0.2) is 0 Å². The van der Waals surface area contributed by atoms with Crippen LogP contribution in [0.2, 0.25) is 0 Å². The Morgan fingerprint density at radius 2 is 2.37 bits per heavy atom. The van der Waals surface area contributed by atoms with Gasteiger partial charge in [0.25, 0.3) is 0 Å². The average Bonchev–Trinajstić information content (AvgIpc) is 2.98. The van der Waals surface area contributed by atoms with Crippen LogP contribution in [0.3, 0.4) is 0 Å². The lowest BCUT2D eigenvalue weighted by Crippen LogP contribution is -2.11. The van der Waals surface area contributed by atoms with Crippen LogP contribution in [-0.2, 0) is 13.1 Å². The molecule has 0 aliphatic carbocycles. The van der Waals surface area contributed by atoms with Gasteiger partial charge in [-0.3, -0.25) is 0 Å². The maximum atomic E-state index is 12.1. The van der Waals surface area contributed by atoms with Crippen LogP contribution in [0.25, 0.3) is 0 Å². The smallest absolute Gasteiger partial charge is 0.390 e. The number of aliphatic hydroxyl groups is 1. The molecule has 0 aliphatic heterocycles. The molecule has 1 unspecified atom stereocenters. The third-order valence-corrected chi connectivity index (χ3v) is 2.44. The Morgan fingerprint density at radius 1 is 1.58 bits per heavy atom. The van der Waals surface area contributed by atoms with Crippen molar-refractivity contribution in [1.82, 2.24) is 24.5 Å². The minimum atomic E-state index is -1.08. The lowest BCUT2D eigenvalue weighted by atomic mass is 10.3. The largest absolute Gasteiger partial charge is 0.434 e. The molecule has 0 amide bonds. The van der Waals surface area contributed by atoms with Crippen molar-refractivity contribution in [1.29, 1.82) is 0 Å². The summed E-state index contributed by atoms with van der Waals surface area (Å²) in [6.45, 7) is -0.624. The van der Waals surface area contributed by atoms with E-state index in [1.165, 1.54) is 27.8 Å². The fourth-order valence-corrected chi connectivity index (χ4v) is 1.56. The summed E-state index contributed by atoms with van der Waals surface area (Å²) in [5.74, 6) is -0.366. The maximum absolute atomic E-state index is 12.1. The first kappa shape index (κ1) is 13.1. The quantitative estimate of drug-likeness (QED) is 0.587. The van der Waals surface area contributed by atoms with Gasteiger partial charge in [-0.2, -0.15) is 0 Å². The van der Waals surface area contributed by atoms with Gasteiger partial charge >= 0.3 is 5.95 Å². The van der Waals surface area contributed by atoms with E-state index < -0.39 is 17.7 Å². The highest BCUT2D eigenvalue weighted by Gasteiger charge is 2.20. The number of alkyl halides is 1. The van der Waals surface area contributed by atoms with E-state index >= 15 is 0 Å². The summed E-state index contributed by atoms with van der Waals surface area (Å²) in [6, 6.07) is 0. The summed E-state index contributed by atoms with van der Waals surface area (Å²) >= 11 is 0. The minimum absolute atomic E-state index is 0.0466. The number of rotatable bonds is 6. The van der Waals surface area contributed by atoms with Gasteiger partial charge in [-0.25, -0.2) is 13.6 Å². The van der Waals surface area contributed by atoms with Gasteiger partial charge in [0.05, 0.1) is 12.7 Å². The summed E-state index contributed by atoms with van der Waals surface area (Å²) in [5, 5.41) is 27.9. The first-order valence-corrected chi connectivity index (χ1v) is 5.41. The molecular formula is C9H11FN6O3. The van der Waals surface area contributed by atoms with Gasteiger partial charge in [0, 0.05) is 0 Å². The second kappa shape index (κ2) is 5.52. The first-order valence-electron chi connectivity index (χ1n) is 5.41. The van der Waals surface area contributed by atoms with E-state index in [1.807, 2.05) is 0 Å². The van der Waals surface area contributed by atoms with E-state index in [9.17, 15) is 19.6 Å². The molecule has 0 saturated carbocycles. The van der Waals surface area contributed by atoms with Crippen molar-refractivity contribution >= 4 is 5.95 Å². The topological polar surface area (TPSA) is 112 Å². The zero-order chi connectivity index (χ0) is 13.8. The molecule has 0 aromatic carbocycles. The number of halogens is 1. The molecule has 1 atom stereocenters. The van der Waals surface area contributed by atoms with Gasteiger partial charge in [0.2, 0.25) is 0 Å². The average molecular weight is 269 g/mol. The number of aliphatic hydroxyl groups excluding tert-OH is 1. The first-order chi connectivity index (χ1) is 9.11. The molecular weight excluding hydrogens is 258 g/mol. The van der Waals surface area contributed by atoms with E-state index in [-0.39, 0.29) is 24.7 Å². The normalized spacial score (nSPS) is 12.5. The summed E-state index contributed by atoms with van der Waals surface area (Å²) in [7, 11) is 0. The second-order valence-electron chi connectivity index (χ2n) is 3.75. The molecule has 0 bridgehead atoms. The summed E-state index contributed by atoms with van der Waals surface area (Å²) in [4.78, 5) is 13.6. The molecule has 2 aromatic rings. The number of aryl methyl sites for hydroxylation is 1. The maximum Gasteiger partial charge on any atom is 0.434 e. The van der Waals surface area contributed by atoms with Crippen LogP contribution < -0.4 is 0 Å². The molecule has 9 nitrogen and oxygen atoms in total. The lowest BCUT2D eigenvalue weighted by molar-refractivity contribution is -0.397. The Kier molecular flexibility index (Phi) is 3.80. The Bertz CT molecular complexity index is 568. The third-order valence-electron chi connectivity index (χ3n) is 2.44. The molecule has 102 valence electrons. The molecule has 2 heterocycles. The molecule has 10 heteroatoms. The summed E-state index contributed by atoms with van der Waals surface area (Å²) in [6.07, 6.45) is 2.96. The van der Waals surface area contributed by atoms with Gasteiger partial charge < -0.3 is 15.2 Å². The number of aromatic nitrogens is 5. The Morgan fingerprint density at radius 3 is 3.05 bits per heavy atom. The van der Waals surface area contributed by atoms with Crippen molar-refractivity contribution in [3.05, 3.63) is 34.4 Å². The molecule has 2 rings (SSSR count). The van der Waals surface area contributed by atoms with Gasteiger partial charge in [-0.05, 0) is 4.92 Å². The molecule has 0 spiro atoms. The second-order valence-corrected chi connectivity index (χ2v) is 3.75. The minimum Gasteiger partial charge on any atom is -0.390 e. The SMILES string of the molecule is O=[N+]([O-])c1nccn1CC(O)c1cn(CC[18F])nn1. The third kappa shape index (κ3) is 2.91. The summed E-state index contributed by atoms with van der Waals surface area (Å²) < 4.78 is 14.5. The lowest BCUT2D eigenvalue weighted by Gasteiger charge is -2.06. The number of imidazole rings is 1. The van der Waals surface area contributed by atoms with Crippen LogP contribution in [0.5, 0.6) is 0 Å². The fourth-order valence-electron chi connectivity index (χ4n) is 1.56. The van der Waals surface area contributed by atoms with Crippen LogP contribution in [0.15, 0.2) is 18.6 Å². The monoisotopic (exact) mass is 269 g/mol. The highest BCUT2D eigenvalue weighted by atomic mass is 18.2. The molecule has 0 saturated heterocycles. The Balaban J connectivity index is 2.09. The molecule has 0 radical (unpaired) electrons. The van der Waals surface area contributed by atoms with Crippen molar-refractivity contribution in [2.24, 2.45) is 0 Å². The van der Waals surface area contributed by atoms with Crippen LogP contribution in [0, 0.1) is 10.1 Å². The fraction of sp³-hybridized carbons (Fsp3) is 0.444. The van der Waals surface area contributed by atoms with E-state index in [2.05, 4.69) is 15.3 Å². The predicted octanol–water partition coefficient (Wildman–Crippen LogP) is 0.0859. The summed E-state index contributed by atoms with van der Waals surface area (Å²) in [5.41, 5.74) is 0.219. The van der Waals surface area contributed by atoms with Crippen molar-refractivity contribution in [2.45, 2.75) is 19.2 Å². The zero-order valence-corrected chi connectivity index (χ0v) is 9.76. The number of hydrogen-bond donors (Lipinski definition) is 1. The van der Waals surface area contributed by atoms with E-state index in [0.29, 0.717) is 0 Å². The number of nitrogens with zero attached hydrogens (tertiary/aromatic N) is 6. The van der Waals surface area contributed by atoms with Crippen LogP contribution >= 0.6 is 0 Å². The molecule has 1 N–H and O–H groups in total. The Hall–Kier alpha value is -2.36. The van der Waals surface area contributed by atoms with E-state index in [1.54, 1.807) is 0 Å². The molecule has 2 aromatic heterocycles. The predicted molar refractivity (Wildman–Crippen MR) is 59.8 cm³/mol. The Labute approximate surface area is 106 Å². The number of nitro groups is 1. The van der Waals surface area contributed by atoms with Crippen molar-refractivity contribution in [3.8, 4) is 0 Å². The van der Waals surface area contributed by atoms with Crippen molar-refractivity contribution in [3.63, 3.8) is 0 Å². The molecule has 0 aliphatic rings. The van der Waals surface area contributed by atoms with E-state index in [4.69, 9.17) is 0 Å². The van der Waals surface area contributed by atoms with Crippen molar-refractivity contribution < 1.29 is 14.4 Å². The van der Waals surface area contributed by atoms with Gasteiger partial charge in [0.1, 0.15) is 37.4 Å². The van der Waals surface area contributed by atoms with E-state index in [0.717, 1.165) is 0 Å².